The molecule has 0 aliphatic carbocycles. The fraction of sp³-hybridized carbons (Fsp3) is 0.647. The molecule has 2 nitrogen and oxygen atoms in total. The highest BCUT2D eigenvalue weighted by Gasteiger charge is 2.27. The summed E-state index contributed by atoms with van der Waals surface area (Å²) in [6, 6.07) is 8.76. The highest BCUT2D eigenvalue weighted by molar-refractivity contribution is 7.91. The van der Waals surface area contributed by atoms with E-state index in [0.29, 0.717) is 10.3 Å². The van der Waals surface area contributed by atoms with E-state index < -0.39 is 9.84 Å². The molecule has 0 amide bonds. The molecular weight excluding hydrogens is 268 g/mol. The molecular formula is C17H28O2S. The summed E-state index contributed by atoms with van der Waals surface area (Å²) < 4.78 is 24.8. The number of rotatable bonds is 6. The second-order valence-corrected chi connectivity index (χ2v) is 9.64. The zero-order valence-electron chi connectivity index (χ0n) is 13.4. The van der Waals surface area contributed by atoms with Crippen LogP contribution in [0.1, 0.15) is 53.9 Å². The third kappa shape index (κ3) is 6.08. The van der Waals surface area contributed by atoms with Gasteiger partial charge in [-0.3, -0.25) is 0 Å². The first-order valence-corrected chi connectivity index (χ1v) is 8.95. The van der Waals surface area contributed by atoms with Crippen LogP contribution in [0.4, 0.5) is 0 Å². The van der Waals surface area contributed by atoms with Crippen LogP contribution in [0.5, 0.6) is 0 Å². The Morgan fingerprint density at radius 1 is 0.900 bits per heavy atom. The van der Waals surface area contributed by atoms with Crippen LogP contribution in [0.25, 0.3) is 0 Å². The molecule has 3 heteroatoms. The number of hydrogen-bond donors (Lipinski definition) is 0. The first-order chi connectivity index (χ1) is 9.02. The zero-order valence-corrected chi connectivity index (χ0v) is 14.3. The fourth-order valence-corrected chi connectivity index (χ4v) is 4.31. The number of sulfone groups is 1. The van der Waals surface area contributed by atoms with Crippen molar-refractivity contribution < 1.29 is 8.42 Å². The molecule has 0 aliphatic rings. The van der Waals surface area contributed by atoms with E-state index in [1.165, 1.54) is 0 Å². The largest absolute Gasteiger partial charge is 0.224 e. The Morgan fingerprint density at radius 2 is 1.45 bits per heavy atom. The SMILES string of the molecule is CC(C)(C)CCCC(C)(C)CS(=O)(=O)c1ccccc1. The second-order valence-electron chi connectivity index (χ2n) is 7.65. The summed E-state index contributed by atoms with van der Waals surface area (Å²) in [6.45, 7) is 10.8. The summed E-state index contributed by atoms with van der Waals surface area (Å²) in [6.07, 6.45) is 3.14. The van der Waals surface area contributed by atoms with Gasteiger partial charge >= 0.3 is 0 Å². The van der Waals surface area contributed by atoms with E-state index in [1.807, 2.05) is 6.07 Å². The Bertz CT molecular complexity index is 508. The summed E-state index contributed by atoms with van der Waals surface area (Å²) in [5.41, 5.74) is 0.133. The van der Waals surface area contributed by atoms with Gasteiger partial charge in [-0.15, -0.1) is 0 Å². The van der Waals surface area contributed by atoms with Gasteiger partial charge in [0.2, 0.25) is 0 Å². The van der Waals surface area contributed by atoms with E-state index in [1.54, 1.807) is 24.3 Å². The van der Waals surface area contributed by atoms with E-state index in [-0.39, 0.29) is 11.2 Å². The summed E-state index contributed by atoms with van der Waals surface area (Å²) in [5.74, 6) is 0.216. The smallest absolute Gasteiger partial charge is 0.178 e. The third-order valence-electron chi connectivity index (χ3n) is 3.46. The van der Waals surface area contributed by atoms with E-state index >= 15 is 0 Å². The first-order valence-electron chi connectivity index (χ1n) is 7.30. The Labute approximate surface area is 124 Å². The van der Waals surface area contributed by atoms with Gasteiger partial charge in [-0.1, -0.05) is 59.2 Å². The highest BCUT2D eigenvalue weighted by atomic mass is 32.2. The lowest BCUT2D eigenvalue weighted by atomic mass is 9.84. The van der Waals surface area contributed by atoms with Crippen LogP contribution >= 0.6 is 0 Å². The molecule has 20 heavy (non-hydrogen) atoms. The Hall–Kier alpha value is -0.830. The van der Waals surface area contributed by atoms with Crippen LogP contribution in [-0.4, -0.2) is 14.2 Å². The molecule has 0 spiro atoms. The van der Waals surface area contributed by atoms with E-state index in [2.05, 4.69) is 34.6 Å². The van der Waals surface area contributed by atoms with Gasteiger partial charge < -0.3 is 0 Å². The first kappa shape index (κ1) is 17.2. The maximum atomic E-state index is 12.4. The van der Waals surface area contributed by atoms with Gasteiger partial charge in [0, 0.05) is 0 Å². The van der Waals surface area contributed by atoms with Crippen LogP contribution in [0.2, 0.25) is 0 Å². The average Bonchev–Trinajstić information content (AvgIpc) is 2.26. The minimum absolute atomic E-state index is 0.181. The van der Waals surface area contributed by atoms with Crippen molar-refractivity contribution in [3.63, 3.8) is 0 Å². The molecule has 0 atom stereocenters. The summed E-state index contributed by atoms with van der Waals surface area (Å²) in [4.78, 5) is 0.434. The molecule has 0 aromatic heterocycles. The van der Waals surface area contributed by atoms with Crippen LogP contribution < -0.4 is 0 Å². The maximum absolute atomic E-state index is 12.4. The Kier molecular flexibility index (Phi) is 5.42. The average molecular weight is 296 g/mol. The quantitative estimate of drug-likeness (QED) is 0.762. The standard InChI is InChI=1S/C17H28O2S/c1-16(2,3)12-9-13-17(4,5)14-20(18,19)15-10-7-6-8-11-15/h6-8,10-11H,9,12-14H2,1-5H3. The monoisotopic (exact) mass is 296 g/mol. The van der Waals surface area contributed by atoms with Crippen molar-refractivity contribution in [3.8, 4) is 0 Å². The van der Waals surface area contributed by atoms with Gasteiger partial charge in [-0.25, -0.2) is 8.42 Å². The summed E-state index contributed by atoms with van der Waals surface area (Å²) >= 11 is 0. The van der Waals surface area contributed by atoms with Gasteiger partial charge in [-0.2, -0.15) is 0 Å². The fourth-order valence-electron chi connectivity index (χ4n) is 2.40. The van der Waals surface area contributed by atoms with Crippen LogP contribution in [0.3, 0.4) is 0 Å². The van der Waals surface area contributed by atoms with Crippen LogP contribution in [0.15, 0.2) is 35.2 Å². The van der Waals surface area contributed by atoms with Crippen molar-refractivity contribution in [1.29, 1.82) is 0 Å². The minimum Gasteiger partial charge on any atom is -0.224 e. The van der Waals surface area contributed by atoms with Gasteiger partial charge in [-0.05, 0) is 35.8 Å². The molecule has 0 N–H and O–H groups in total. The predicted octanol–water partition coefficient (Wildman–Crippen LogP) is 4.70. The van der Waals surface area contributed by atoms with E-state index in [0.717, 1.165) is 19.3 Å². The van der Waals surface area contributed by atoms with E-state index in [4.69, 9.17) is 0 Å². The molecule has 0 radical (unpaired) electrons. The van der Waals surface area contributed by atoms with Crippen LogP contribution in [0, 0.1) is 10.8 Å². The molecule has 114 valence electrons. The Balaban J connectivity index is 2.66. The normalized spacial score (nSPS) is 13.4. The summed E-state index contributed by atoms with van der Waals surface area (Å²) in [5, 5.41) is 0. The molecule has 0 saturated heterocycles. The molecule has 1 rings (SSSR count). The van der Waals surface area contributed by atoms with Gasteiger partial charge in [0.05, 0.1) is 10.6 Å². The lowest BCUT2D eigenvalue weighted by molar-refractivity contribution is 0.302. The Morgan fingerprint density at radius 3 is 1.95 bits per heavy atom. The molecule has 0 saturated carbocycles. The third-order valence-corrected chi connectivity index (χ3v) is 5.62. The van der Waals surface area contributed by atoms with Crippen LogP contribution in [-0.2, 0) is 9.84 Å². The van der Waals surface area contributed by atoms with E-state index in [9.17, 15) is 8.42 Å². The van der Waals surface area contributed by atoms with Gasteiger partial charge in [0.25, 0.3) is 0 Å². The molecule has 1 aromatic rings. The van der Waals surface area contributed by atoms with Crippen molar-refractivity contribution in [2.75, 3.05) is 5.75 Å². The van der Waals surface area contributed by atoms with Crippen molar-refractivity contribution in [2.24, 2.45) is 10.8 Å². The number of hydrogen-bond acceptors (Lipinski definition) is 2. The minimum atomic E-state index is -3.18. The van der Waals surface area contributed by atoms with Gasteiger partial charge in [0.15, 0.2) is 9.84 Å². The van der Waals surface area contributed by atoms with Crippen molar-refractivity contribution in [2.45, 2.75) is 58.8 Å². The second kappa shape index (κ2) is 6.30. The topological polar surface area (TPSA) is 34.1 Å². The van der Waals surface area contributed by atoms with Gasteiger partial charge in [0.1, 0.15) is 0 Å². The molecule has 0 aliphatic heterocycles. The van der Waals surface area contributed by atoms with Crippen molar-refractivity contribution in [1.82, 2.24) is 0 Å². The van der Waals surface area contributed by atoms with Crippen molar-refractivity contribution in [3.05, 3.63) is 30.3 Å². The zero-order chi connectivity index (χ0) is 15.4. The lowest BCUT2D eigenvalue weighted by Gasteiger charge is -2.26. The summed E-state index contributed by atoms with van der Waals surface area (Å²) in [7, 11) is -3.18. The molecule has 0 fully saturated rings. The maximum Gasteiger partial charge on any atom is 0.178 e. The molecule has 0 bridgehead atoms. The molecule has 1 aromatic carbocycles. The number of benzene rings is 1. The lowest BCUT2D eigenvalue weighted by Crippen LogP contribution is -2.24. The predicted molar refractivity (Wildman–Crippen MR) is 85.6 cm³/mol. The molecule has 0 heterocycles. The highest BCUT2D eigenvalue weighted by Crippen LogP contribution is 2.31. The molecule has 0 unspecified atom stereocenters. The van der Waals surface area contributed by atoms with Crippen molar-refractivity contribution >= 4 is 9.84 Å².